The van der Waals surface area contributed by atoms with Crippen molar-refractivity contribution in [3.05, 3.63) is 0 Å². The van der Waals surface area contributed by atoms with Crippen LogP contribution in [-0.2, 0) is 0 Å². The lowest BCUT2D eigenvalue weighted by Crippen LogP contribution is -2.37. The molecule has 1 unspecified atom stereocenters. The highest BCUT2D eigenvalue weighted by atomic mass is 16.4. The Balaban J connectivity index is 2.13. The zero-order chi connectivity index (χ0) is 12.0. The molecule has 0 spiro atoms. The summed E-state index contributed by atoms with van der Waals surface area (Å²) >= 11 is 0. The second kappa shape index (κ2) is 6.70. The van der Waals surface area contributed by atoms with Crippen molar-refractivity contribution in [3.63, 3.8) is 0 Å². The minimum absolute atomic E-state index is 0.181. The van der Waals surface area contributed by atoms with Crippen LogP contribution in [0.15, 0.2) is 5.16 Å². The lowest BCUT2D eigenvalue weighted by molar-refractivity contribution is 0.0717. The van der Waals surface area contributed by atoms with Gasteiger partial charge in [0.25, 0.3) is 0 Å². The molecular weight excluding hydrogens is 206 g/mol. The van der Waals surface area contributed by atoms with Crippen LogP contribution < -0.4 is 5.73 Å². The molecule has 5 heteroatoms. The maximum Gasteiger partial charge on any atom is 0.139 e. The lowest BCUT2D eigenvalue weighted by atomic mass is 9.92. The van der Waals surface area contributed by atoms with Crippen molar-refractivity contribution in [1.82, 2.24) is 4.90 Å². The van der Waals surface area contributed by atoms with Gasteiger partial charge in [0.2, 0.25) is 0 Å². The summed E-state index contributed by atoms with van der Waals surface area (Å²) in [4.78, 5) is 2.38. The van der Waals surface area contributed by atoms with Gasteiger partial charge in [-0.1, -0.05) is 5.16 Å². The van der Waals surface area contributed by atoms with Crippen molar-refractivity contribution in [1.29, 1.82) is 0 Å². The molecule has 16 heavy (non-hydrogen) atoms. The quantitative estimate of drug-likeness (QED) is 0.279. The van der Waals surface area contributed by atoms with Crippen LogP contribution in [0.2, 0.25) is 0 Å². The van der Waals surface area contributed by atoms with E-state index in [4.69, 9.17) is 10.9 Å². The SMILES string of the molecule is CC(O)C1CCN(CCCC(N)=NO)CC1. The molecule has 5 nitrogen and oxygen atoms in total. The fourth-order valence-electron chi connectivity index (χ4n) is 2.19. The van der Waals surface area contributed by atoms with Crippen LogP contribution in [0.1, 0.15) is 32.6 Å². The third-order valence-electron chi connectivity index (χ3n) is 3.35. The van der Waals surface area contributed by atoms with E-state index in [1.165, 1.54) is 0 Å². The normalized spacial score (nSPS) is 22.2. The number of nitrogens with zero attached hydrogens (tertiary/aromatic N) is 2. The first kappa shape index (κ1) is 13.3. The number of amidine groups is 1. The topological polar surface area (TPSA) is 82.1 Å². The molecule has 0 aromatic rings. The van der Waals surface area contributed by atoms with Crippen molar-refractivity contribution in [2.75, 3.05) is 19.6 Å². The second-order valence-corrected chi connectivity index (χ2v) is 4.61. The largest absolute Gasteiger partial charge is 0.409 e. The predicted molar refractivity (Wildman–Crippen MR) is 63.5 cm³/mol. The number of likely N-dealkylation sites (tertiary alicyclic amines) is 1. The molecule has 0 aliphatic carbocycles. The van der Waals surface area contributed by atoms with E-state index in [9.17, 15) is 5.11 Å². The average Bonchev–Trinajstić information content (AvgIpc) is 2.29. The number of piperidine rings is 1. The Hall–Kier alpha value is -0.810. The van der Waals surface area contributed by atoms with Gasteiger partial charge in [0.15, 0.2) is 0 Å². The average molecular weight is 229 g/mol. The predicted octanol–water partition coefficient (Wildman–Crippen LogP) is 0.606. The van der Waals surface area contributed by atoms with Crippen LogP contribution >= 0.6 is 0 Å². The molecule has 0 aromatic heterocycles. The van der Waals surface area contributed by atoms with E-state index in [-0.39, 0.29) is 6.10 Å². The van der Waals surface area contributed by atoms with E-state index < -0.39 is 0 Å². The molecule has 0 amide bonds. The number of rotatable bonds is 5. The fraction of sp³-hybridized carbons (Fsp3) is 0.909. The first-order valence-corrected chi connectivity index (χ1v) is 6.00. The number of hydrogen-bond acceptors (Lipinski definition) is 4. The number of oxime groups is 1. The summed E-state index contributed by atoms with van der Waals surface area (Å²) in [5.74, 6) is 0.763. The Labute approximate surface area is 96.9 Å². The molecule has 4 N–H and O–H groups in total. The minimum atomic E-state index is -0.181. The number of aliphatic hydroxyl groups excluding tert-OH is 1. The molecule has 0 aromatic carbocycles. The summed E-state index contributed by atoms with van der Waals surface area (Å²) in [6.45, 7) is 4.96. The highest BCUT2D eigenvalue weighted by Crippen LogP contribution is 2.20. The lowest BCUT2D eigenvalue weighted by Gasteiger charge is -2.33. The molecule has 1 aliphatic heterocycles. The Morgan fingerprint density at radius 1 is 1.50 bits per heavy atom. The van der Waals surface area contributed by atoms with E-state index >= 15 is 0 Å². The Kier molecular flexibility index (Phi) is 5.55. The van der Waals surface area contributed by atoms with Gasteiger partial charge < -0.3 is 20.9 Å². The van der Waals surface area contributed by atoms with Crippen molar-refractivity contribution in [2.24, 2.45) is 16.8 Å². The Bertz CT molecular complexity index is 223. The first-order valence-electron chi connectivity index (χ1n) is 6.00. The van der Waals surface area contributed by atoms with Crippen LogP contribution in [0, 0.1) is 5.92 Å². The van der Waals surface area contributed by atoms with Crippen LogP contribution in [-0.4, -0.2) is 46.8 Å². The maximum atomic E-state index is 9.47. The smallest absolute Gasteiger partial charge is 0.139 e. The van der Waals surface area contributed by atoms with Crippen LogP contribution in [0.25, 0.3) is 0 Å². The molecule has 1 heterocycles. The van der Waals surface area contributed by atoms with Gasteiger partial charge in [-0.05, 0) is 51.7 Å². The van der Waals surface area contributed by atoms with E-state index in [0.717, 1.165) is 38.9 Å². The zero-order valence-corrected chi connectivity index (χ0v) is 9.97. The minimum Gasteiger partial charge on any atom is -0.409 e. The summed E-state index contributed by atoms with van der Waals surface area (Å²) in [6.07, 6.45) is 3.53. The van der Waals surface area contributed by atoms with Gasteiger partial charge in [0.1, 0.15) is 5.84 Å². The molecule has 0 bridgehead atoms. The van der Waals surface area contributed by atoms with Crippen LogP contribution in [0.5, 0.6) is 0 Å². The molecule has 1 fully saturated rings. The highest BCUT2D eigenvalue weighted by Gasteiger charge is 2.21. The molecule has 1 saturated heterocycles. The molecule has 1 atom stereocenters. The van der Waals surface area contributed by atoms with Crippen molar-refractivity contribution >= 4 is 5.84 Å². The van der Waals surface area contributed by atoms with Crippen molar-refractivity contribution < 1.29 is 10.3 Å². The number of aliphatic hydroxyl groups is 1. The summed E-state index contributed by atoms with van der Waals surface area (Å²) in [7, 11) is 0. The number of hydrogen-bond donors (Lipinski definition) is 3. The summed E-state index contributed by atoms with van der Waals surface area (Å²) in [5.41, 5.74) is 5.40. The summed E-state index contributed by atoms with van der Waals surface area (Å²) in [6, 6.07) is 0. The van der Waals surface area contributed by atoms with Crippen molar-refractivity contribution in [3.8, 4) is 0 Å². The third kappa shape index (κ3) is 4.37. The Morgan fingerprint density at radius 2 is 2.12 bits per heavy atom. The van der Waals surface area contributed by atoms with Gasteiger partial charge in [-0.3, -0.25) is 0 Å². The van der Waals surface area contributed by atoms with Gasteiger partial charge in [-0.15, -0.1) is 0 Å². The molecular formula is C11H23N3O2. The van der Waals surface area contributed by atoms with E-state index in [2.05, 4.69) is 10.1 Å². The van der Waals surface area contributed by atoms with E-state index in [1.807, 2.05) is 6.92 Å². The Morgan fingerprint density at radius 3 is 2.62 bits per heavy atom. The number of nitrogens with two attached hydrogens (primary N) is 1. The van der Waals surface area contributed by atoms with Gasteiger partial charge in [0, 0.05) is 6.42 Å². The van der Waals surface area contributed by atoms with Crippen molar-refractivity contribution in [2.45, 2.75) is 38.7 Å². The van der Waals surface area contributed by atoms with E-state index in [1.54, 1.807) is 0 Å². The maximum absolute atomic E-state index is 9.47. The van der Waals surface area contributed by atoms with Gasteiger partial charge in [-0.2, -0.15) is 0 Å². The monoisotopic (exact) mass is 229 g/mol. The molecule has 1 aliphatic rings. The summed E-state index contributed by atoms with van der Waals surface area (Å²) < 4.78 is 0. The highest BCUT2D eigenvalue weighted by molar-refractivity contribution is 5.79. The first-order chi connectivity index (χ1) is 7.63. The molecule has 0 saturated carbocycles. The van der Waals surface area contributed by atoms with Gasteiger partial charge >= 0.3 is 0 Å². The zero-order valence-electron chi connectivity index (χ0n) is 9.97. The van der Waals surface area contributed by atoms with Gasteiger partial charge in [0.05, 0.1) is 6.10 Å². The molecule has 1 rings (SSSR count). The summed E-state index contributed by atoms with van der Waals surface area (Å²) in [5, 5.41) is 20.8. The van der Waals surface area contributed by atoms with E-state index in [0.29, 0.717) is 18.2 Å². The molecule has 0 radical (unpaired) electrons. The van der Waals surface area contributed by atoms with Crippen LogP contribution in [0.4, 0.5) is 0 Å². The van der Waals surface area contributed by atoms with Gasteiger partial charge in [-0.25, -0.2) is 0 Å². The molecule has 94 valence electrons. The second-order valence-electron chi connectivity index (χ2n) is 4.61. The van der Waals surface area contributed by atoms with Crippen LogP contribution in [0.3, 0.4) is 0 Å². The standard InChI is InChI=1S/C11H23N3O2/c1-9(15)10-4-7-14(8-5-10)6-2-3-11(12)13-16/h9-10,15-16H,2-8H2,1H3,(H2,12,13). The fourth-order valence-corrected chi connectivity index (χ4v) is 2.19. The third-order valence-corrected chi connectivity index (χ3v) is 3.35.